The third-order valence-corrected chi connectivity index (χ3v) is 4.20. The maximum atomic E-state index is 12.3. The van der Waals surface area contributed by atoms with Gasteiger partial charge in [0.25, 0.3) is 0 Å². The lowest BCUT2D eigenvalue weighted by atomic mass is 9.98. The maximum absolute atomic E-state index is 12.3. The Labute approximate surface area is 125 Å². The van der Waals surface area contributed by atoms with E-state index >= 15 is 0 Å². The van der Waals surface area contributed by atoms with Crippen LogP contribution in [0.2, 0.25) is 0 Å². The van der Waals surface area contributed by atoms with Crippen molar-refractivity contribution >= 4 is 11.6 Å². The number of aryl methyl sites for hydroxylation is 2. The van der Waals surface area contributed by atoms with Gasteiger partial charge in [-0.05, 0) is 30.9 Å². The number of carbonyl (C=O) groups is 1. The summed E-state index contributed by atoms with van der Waals surface area (Å²) < 4.78 is 1.82. The van der Waals surface area contributed by atoms with E-state index in [0.29, 0.717) is 0 Å². The van der Waals surface area contributed by atoms with Crippen LogP contribution in [-0.4, -0.2) is 15.7 Å². The molecule has 4 heteroatoms. The van der Waals surface area contributed by atoms with E-state index in [4.69, 9.17) is 0 Å². The summed E-state index contributed by atoms with van der Waals surface area (Å²) >= 11 is 0. The van der Waals surface area contributed by atoms with Crippen molar-refractivity contribution < 1.29 is 4.79 Å². The molecule has 2 heterocycles. The van der Waals surface area contributed by atoms with Gasteiger partial charge >= 0.3 is 0 Å². The minimum absolute atomic E-state index is 0.0378. The molecule has 0 radical (unpaired) electrons. The minimum Gasteiger partial charge on any atom is -0.323 e. The van der Waals surface area contributed by atoms with E-state index in [1.165, 1.54) is 5.56 Å². The molecule has 0 aliphatic carbocycles. The number of carbonyl (C=O) groups excluding carboxylic acids is 1. The van der Waals surface area contributed by atoms with Gasteiger partial charge in [-0.1, -0.05) is 31.5 Å². The lowest BCUT2D eigenvalue weighted by Crippen LogP contribution is -2.20. The number of rotatable bonds is 0. The summed E-state index contributed by atoms with van der Waals surface area (Å²) in [7, 11) is 1.91. The van der Waals surface area contributed by atoms with Crippen LogP contribution in [-0.2, 0) is 18.3 Å². The van der Waals surface area contributed by atoms with Gasteiger partial charge < -0.3 is 5.32 Å². The second-order valence-corrected chi connectivity index (χ2v) is 5.87. The van der Waals surface area contributed by atoms with E-state index in [9.17, 15) is 4.79 Å². The third kappa shape index (κ3) is 2.84. The highest BCUT2D eigenvalue weighted by Crippen LogP contribution is 2.29. The number of nitrogens with one attached hydrogen (secondary N) is 1. The zero-order valence-corrected chi connectivity index (χ0v) is 12.6. The predicted molar refractivity (Wildman–Crippen MR) is 84.0 cm³/mol. The molecule has 4 nitrogen and oxygen atoms in total. The monoisotopic (exact) mass is 283 g/mol. The molecule has 1 aliphatic rings. The van der Waals surface area contributed by atoms with Crippen molar-refractivity contribution in [2.75, 3.05) is 5.32 Å². The molecule has 3 rings (SSSR count). The van der Waals surface area contributed by atoms with Crippen molar-refractivity contribution in [1.29, 1.82) is 0 Å². The van der Waals surface area contributed by atoms with Crippen molar-refractivity contribution in [3.05, 3.63) is 36.0 Å². The van der Waals surface area contributed by atoms with Gasteiger partial charge in [0, 0.05) is 18.5 Å². The Bertz CT molecular complexity index is 660. The number of aromatic nitrogens is 2. The molecule has 2 aromatic rings. The molecule has 0 spiro atoms. The topological polar surface area (TPSA) is 46.9 Å². The van der Waals surface area contributed by atoms with Crippen LogP contribution in [0, 0.1) is 5.92 Å². The van der Waals surface area contributed by atoms with Crippen molar-refractivity contribution in [2.24, 2.45) is 13.0 Å². The fraction of sp³-hybridized carbons (Fsp3) is 0.412. The average molecular weight is 283 g/mol. The lowest BCUT2D eigenvalue weighted by molar-refractivity contribution is -0.119. The Morgan fingerprint density at radius 2 is 2.19 bits per heavy atom. The second kappa shape index (κ2) is 5.72. The van der Waals surface area contributed by atoms with E-state index in [-0.39, 0.29) is 11.8 Å². The smallest absolute Gasteiger partial charge is 0.227 e. The molecule has 0 fully saturated rings. The molecule has 1 atom stereocenters. The number of hydrogen-bond donors (Lipinski definition) is 1. The first kappa shape index (κ1) is 13.9. The van der Waals surface area contributed by atoms with Crippen LogP contribution >= 0.6 is 0 Å². The molecular weight excluding hydrogens is 262 g/mol. The summed E-state index contributed by atoms with van der Waals surface area (Å²) in [5.41, 5.74) is 4.22. The van der Waals surface area contributed by atoms with E-state index < -0.39 is 0 Å². The fourth-order valence-electron chi connectivity index (χ4n) is 2.91. The number of amides is 1. The van der Waals surface area contributed by atoms with Gasteiger partial charge in [-0.3, -0.25) is 9.48 Å². The molecule has 1 unspecified atom stereocenters. The molecule has 1 amide bonds. The highest BCUT2D eigenvalue weighted by atomic mass is 16.1. The predicted octanol–water partition coefficient (Wildman–Crippen LogP) is 3.39. The highest BCUT2D eigenvalue weighted by molar-refractivity contribution is 5.95. The molecular formula is C17H21N3O. The number of anilines is 1. The summed E-state index contributed by atoms with van der Waals surface area (Å²) in [5, 5.41) is 7.34. The van der Waals surface area contributed by atoms with E-state index in [2.05, 4.69) is 34.7 Å². The summed E-state index contributed by atoms with van der Waals surface area (Å²) in [5.74, 6) is 0.122. The van der Waals surface area contributed by atoms with Gasteiger partial charge in [-0.25, -0.2) is 0 Å². The molecule has 0 saturated heterocycles. The molecule has 1 N–H and O–H groups in total. The van der Waals surface area contributed by atoms with Crippen LogP contribution < -0.4 is 5.32 Å². The van der Waals surface area contributed by atoms with Crippen LogP contribution in [0.4, 0.5) is 5.69 Å². The third-order valence-electron chi connectivity index (χ3n) is 4.20. The van der Waals surface area contributed by atoms with Crippen LogP contribution in [0.5, 0.6) is 0 Å². The molecule has 1 aromatic carbocycles. The van der Waals surface area contributed by atoms with E-state index in [0.717, 1.165) is 42.6 Å². The lowest BCUT2D eigenvalue weighted by Gasteiger charge is -2.15. The molecule has 2 bridgehead atoms. The molecule has 0 saturated carbocycles. The van der Waals surface area contributed by atoms with Crippen molar-refractivity contribution in [2.45, 2.75) is 32.6 Å². The summed E-state index contributed by atoms with van der Waals surface area (Å²) in [6, 6.07) is 8.54. The molecule has 1 aliphatic heterocycles. The summed E-state index contributed by atoms with van der Waals surface area (Å²) in [6.45, 7) is 2.00. The zero-order chi connectivity index (χ0) is 14.8. The number of benzene rings is 1. The highest BCUT2D eigenvalue weighted by Gasteiger charge is 2.18. The minimum atomic E-state index is 0.0378. The first-order valence-corrected chi connectivity index (χ1v) is 7.57. The summed E-state index contributed by atoms with van der Waals surface area (Å²) in [6.07, 6.45) is 5.94. The maximum Gasteiger partial charge on any atom is 0.227 e. The number of hydrogen-bond acceptors (Lipinski definition) is 2. The Balaban J connectivity index is 2.07. The van der Waals surface area contributed by atoms with Crippen molar-refractivity contribution in [1.82, 2.24) is 9.78 Å². The average Bonchev–Trinajstić information content (AvgIpc) is 2.83. The second-order valence-electron chi connectivity index (χ2n) is 5.87. The summed E-state index contributed by atoms with van der Waals surface area (Å²) in [4.78, 5) is 12.3. The van der Waals surface area contributed by atoms with Crippen molar-refractivity contribution in [3.8, 4) is 11.3 Å². The van der Waals surface area contributed by atoms with Crippen molar-refractivity contribution in [3.63, 3.8) is 0 Å². The Morgan fingerprint density at radius 1 is 1.33 bits per heavy atom. The fourth-order valence-corrected chi connectivity index (χ4v) is 2.91. The van der Waals surface area contributed by atoms with Gasteiger partial charge in [0.05, 0.1) is 17.6 Å². The van der Waals surface area contributed by atoms with E-state index in [1.54, 1.807) is 6.20 Å². The van der Waals surface area contributed by atoms with Crippen LogP contribution in [0.1, 0.15) is 31.7 Å². The standard InChI is InChI=1S/C17H21N3O/c1-12-6-3-4-7-13-8-5-9-14(10-13)16-15(19-17(12)21)11-18-20(16)2/h5,8-12H,3-4,6-7H2,1-2H3,(H,19,21). The molecule has 110 valence electrons. The Hall–Kier alpha value is -2.10. The van der Waals surface area contributed by atoms with Gasteiger partial charge in [0.15, 0.2) is 0 Å². The quantitative estimate of drug-likeness (QED) is 0.805. The number of fused-ring (bicyclic) bond motifs is 4. The van der Waals surface area contributed by atoms with Gasteiger partial charge in [0.1, 0.15) is 0 Å². The van der Waals surface area contributed by atoms with Crippen LogP contribution in [0.25, 0.3) is 11.3 Å². The van der Waals surface area contributed by atoms with E-state index in [1.807, 2.05) is 18.7 Å². The number of nitrogens with zero attached hydrogens (tertiary/aromatic N) is 2. The normalized spacial score (nSPS) is 19.1. The van der Waals surface area contributed by atoms with Crippen LogP contribution in [0.15, 0.2) is 30.5 Å². The largest absolute Gasteiger partial charge is 0.323 e. The SMILES string of the molecule is CC1CCCCc2cccc(c2)-c2c(cnn2C)NC1=O. The van der Waals surface area contributed by atoms with Gasteiger partial charge in [0.2, 0.25) is 5.91 Å². The van der Waals surface area contributed by atoms with Gasteiger partial charge in [-0.2, -0.15) is 5.10 Å². The first-order chi connectivity index (χ1) is 10.1. The molecule has 21 heavy (non-hydrogen) atoms. The Morgan fingerprint density at radius 3 is 3.05 bits per heavy atom. The zero-order valence-electron chi connectivity index (χ0n) is 12.6. The first-order valence-electron chi connectivity index (χ1n) is 7.57. The molecule has 1 aromatic heterocycles. The van der Waals surface area contributed by atoms with Gasteiger partial charge in [-0.15, -0.1) is 0 Å². The Kier molecular flexibility index (Phi) is 3.78. The van der Waals surface area contributed by atoms with Crippen LogP contribution in [0.3, 0.4) is 0 Å².